The molecular formula is C28H40N2O2. The Morgan fingerprint density at radius 2 is 1.44 bits per heavy atom. The van der Waals surface area contributed by atoms with Gasteiger partial charge in [0.2, 0.25) is 0 Å². The van der Waals surface area contributed by atoms with Crippen molar-refractivity contribution in [1.29, 1.82) is 0 Å². The van der Waals surface area contributed by atoms with E-state index >= 15 is 0 Å². The van der Waals surface area contributed by atoms with Crippen molar-refractivity contribution in [2.24, 2.45) is 0 Å². The largest absolute Gasteiger partial charge is 0.478 e. The molecule has 1 heterocycles. The molecule has 0 radical (unpaired) electrons. The quantitative estimate of drug-likeness (QED) is 0.217. The average Bonchev–Trinajstić information content (AvgIpc) is 2.80. The van der Waals surface area contributed by atoms with Crippen LogP contribution in [0.1, 0.15) is 101 Å². The highest BCUT2D eigenvalue weighted by molar-refractivity contribution is 5.85. The third-order valence-corrected chi connectivity index (χ3v) is 5.88. The minimum atomic E-state index is -0.923. The third-order valence-electron chi connectivity index (χ3n) is 5.88. The molecule has 0 saturated carbocycles. The number of hydrogen-bond acceptors (Lipinski definition) is 3. The molecule has 0 bridgehead atoms. The van der Waals surface area contributed by atoms with E-state index < -0.39 is 5.97 Å². The highest BCUT2D eigenvalue weighted by Gasteiger charge is 2.07. The fourth-order valence-electron chi connectivity index (χ4n) is 3.95. The summed E-state index contributed by atoms with van der Waals surface area (Å²) < 4.78 is 0. The van der Waals surface area contributed by atoms with Crippen LogP contribution in [0.4, 0.5) is 0 Å². The lowest BCUT2D eigenvalue weighted by Gasteiger charge is -2.10. The van der Waals surface area contributed by atoms with E-state index in [1.54, 1.807) is 6.08 Å². The third kappa shape index (κ3) is 9.76. The van der Waals surface area contributed by atoms with E-state index in [9.17, 15) is 4.79 Å². The molecule has 0 fully saturated rings. The highest BCUT2D eigenvalue weighted by Crippen LogP contribution is 2.23. The van der Waals surface area contributed by atoms with Gasteiger partial charge in [0.25, 0.3) is 0 Å². The summed E-state index contributed by atoms with van der Waals surface area (Å²) in [5.74, 6) is -0.189. The molecule has 1 aromatic carbocycles. The van der Waals surface area contributed by atoms with Crippen molar-refractivity contribution < 1.29 is 9.90 Å². The van der Waals surface area contributed by atoms with Crippen LogP contribution in [0.2, 0.25) is 0 Å². The van der Waals surface area contributed by atoms with E-state index in [4.69, 9.17) is 5.11 Å². The molecule has 0 aliphatic carbocycles. The summed E-state index contributed by atoms with van der Waals surface area (Å²) in [6, 6.07) is 6.12. The fourth-order valence-corrected chi connectivity index (χ4v) is 3.95. The van der Waals surface area contributed by atoms with Gasteiger partial charge < -0.3 is 5.11 Å². The Morgan fingerprint density at radius 1 is 0.844 bits per heavy atom. The molecule has 0 saturated heterocycles. The number of rotatable bonds is 16. The first-order chi connectivity index (χ1) is 15.6. The average molecular weight is 437 g/mol. The SMILES string of the molecule is CCCCCCCCc1cc(-c2ncc(CCCCCCC)cn2)ccc1C=CC(=O)O. The van der Waals surface area contributed by atoms with Crippen LogP contribution in [0.15, 0.2) is 36.7 Å². The van der Waals surface area contributed by atoms with Gasteiger partial charge in [0.15, 0.2) is 5.82 Å². The zero-order valence-electron chi connectivity index (χ0n) is 20.0. The first-order valence-corrected chi connectivity index (χ1v) is 12.5. The van der Waals surface area contributed by atoms with Crippen molar-refractivity contribution in [3.05, 3.63) is 53.4 Å². The number of carboxylic acid groups (broad SMARTS) is 1. The Balaban J connectivity index is 2.04. The molecule has 1 aromatic heterocycles. The van der Waals surface area contributed by atoms with Gasteiger partial charge in [0.05, 0.1) is 0 Å². The summed E-state index contributed by atoms with van der Waals surface area (Å²) in [6.45, 7) is 4.47. The number of aromatic nitrogens is 2. The van der Waals surface area contributed by atoms with Crippen molar-refractivity contribution in [1.82, 2.24) is 9.97 Å². The molecular weight excluding hydrogens is 396 g/mol. The number of carbonyl (C=O) groups is 1. The van der Waals surface area contributed by atoms with Gasteiger partial charge in [0.1, 0.15) is 0 Å². The summed E-state index contributed by atoms with van der Waals surface area (Å²) in [6.07, 6.45) is 22.6. The Hall–Kier alpha value is -2.49. The second-order valence-corrected chi connectivity index (χ2v) is 8.68. The number of carboxylic acids is 1. The monoisotopic (exact) mass is 436 g/mol. The van der Waals surface area contributed by atoms with Gasteiger partial charge in [-0.25, -0.2) is 14.8 Å². The molecule has 0 aliphatic rings. The second kappa shape index (κ2) is 15.3. The molecule has 0 spiro atoms. The molecule has 2 rings (SSSR count). The molecule has 0 amide bonds. The van der Waals surface area contributed by atoms with Gasteiger partial charge >= 0.3 is 5.97 Å². The zero-order valence-corrected chi connectivity index (χ0v) is 20.0. The zero-order chi connectivity index (χ0) is 23.0. The maximum absolute atomic E-state index is 11.0. The number of hydrogen-bond donors (Lipinski definition) is 1. The van der Waals surface area contributed by atoms with Crippen LogP contribution in [0.5, 0.6) is 0 Å². The van der Waals surface area contributed by atoms with Gasteiger partial charge in [-0.2, -0.15) is 0 Å². The van der Waals surface area contributed by atoms with Crippen molar-refractivity contribution in [2.45, 2.75) is 97.3 Å². The molecule has 174 valence electrons. The van der Waals surface area contributed by atoms with Crippen LogP contribution < -0.4 is 0 Å². The summed E-state index contributed by atoms with van der Waals surface area (Å²) in [5.41, 5.74) is 4.32. The number of aryl methyl sites for hydroxylation is 2. The van der Waals surface area contributed by atoms with Gasteiger partial charge in [-0.3, -0.25) is 0 Å². The first-order valence-electron chi connectivity index (χ1n) is 12.5. The van der Waals surface area contributed by atoms with E-state index in [0.29, 0.717) is 0 Å². The van der Waals surface area contributed by atoms with Crippen molar-refractivity contribution in [3.63, 3.8) is 0 Å². The highest BCUT2D eigenvalue weighted by atomic mass is 16.4. The van der Waals surface area contributed by atoms with Crippen LogP contribution in [-0.4, -0.2) is 21.0 Å². The minimum Gasteiger partial charge on any atom is -0.478 e. The van der Waals surface area contributed by atoms with Crippen molar-refractivity contribution in [3.8, 4) is 11.4 Å². The molecule has 4 heteroatoms. The van der Waals surface area contributed by atoms with Gasteiger partial charge in [-0.1, -0.05) is 83.8 Å². The summed E-state index contributed by atoms with van der Waals surface area (Å²) >= 11 is 0. The Bertz CT molecular complexity index is 828. The van der Waals surface area contributed by atoms with Crippen LogP contribution >= 0.6 is 0 Å². The fraction of sp³-hybridized carbons (Fsp3) is 0.536. The maximum Gasteiger partial charge on any atom is 0.328 e. The molecule has 1 N–H and O–H groups in total. The van der Waals surface area contributed by atoms with E-state index in [-0.39, 0.29) is 0 Å². The van der Waals surface area contributed by atoms with Crippen LogP contribution in [0.3, 0.4) is 0 Å². The van der Waals surface area contributed by atoms with Gasteiger partial charge in [-0.15, -0.1) is 0 Å². The normalized spacial score (nSPS) is 11.3. The summed E-state index contributed by atoms with van der Waals surface area (Å²) in [5, 5.41) is 9.02. The van der Waals surface area contributed by atoms with Crippen LogP contribution in [0.25, 0.3) is 17.5 Å². The van der Waals surface area contributed by atoms with E-state index in [0.717, 1.165) is 36.2 Å². The predicted octanol–water partition coefficient (Wildman–Crippen LogP) is 7.66. The standard InChI is InChI=1S/C28H40N2O2/c1-3-5-7-9-11-13-15-25-20-26(17-16-24(25)18-19-27(31)32)28-29-21-23(22-30-28)14-12-10-8-6-4-2/h16-22H,3-15H2,1-2H3,(H,31,32). The number of aliphatic carboxylic acids is 1. The lowest BCUT2D eigenvalue weighted by Crippen LogP contribution is -1.97. The second-order valence-electron chi connectivity index (χ2n) is 8.68. The molecule has 0 aliphatic heterocycles. The van der Waals surface area contributed by atoms with E-state index in [1.807, 2.05) is 24.5 Å². The number of nitrogens with zero attached hydrogens (tertiary/aromatic N) is 2. The van der Waals surface area contributed by atoms with Crippen molar-refractivity contribution in [2.75, 3.05) is 0 Å². The lowest BCUT2D eigenvalue weighted by molar-refractivity contribution is -0.131. The van der Waals surface area contributed by atoms with Crippen LogP contribution in [-0.2, 0) is 17.6 Å². The lowest BCUT2D eigenvalue weighted by atomic mass is 9.97. The Kier molecular flexibility index (Phi) is 12.3. The summed E-state index contributed by atoms with van der Waals surface area (Å²) in [4.78, 5) is 20.2. The number of benzene rings is 1. The molecule has 4 nitrogen and oxygen atoms in total. The molecule has 32 heavy (non-hydrogen) atoms. The van der Waals surface area contributed by atoms with Crippen LogP contribution in [0, 0.1) is 0 Å². The molecule has 0 atom stereocenters. The summed E-state index contributed by atoms with van der Waals surface area (Å²) in [7, 11) is 0. The number of unbranched alkanes of at least 4 members (excludes halogenated alkanes) is 9. The maximum atomic E-state index is 11.0. The Morgan fingerprint density at radius 3 is 2.06 bits per heavy atom. The van der Waals surface area contributed by atoms with E-state index in [2.05, 4.69) is 29.9 Å². The predicted molar refractivity (Wildman–Crippen MR) is 134 cm³/mol. The topological polar surface area (TPSA) is 63.1 Å². The van der Waals surface area contributed by atoms with E-state index in [1.165, 1.54) is 81.4 Å². The minimum absolute atomic E-state index is 0.734. The van der Waals surface area contributed by atoms with Crippen molar-refractivity contribution >= 4 is 12.0 Å². The van der Waals surface area contributed by atoms with Gasteiger partial charge in [0, 0.05) is 24.0 Å². The first kappa shape index (κ1) is 25.8. The van der Waals surface area contributed by atoms with Gasteiger partial charge in [-0.05, 0) is 54.5 Å². The molecule has 2 aromatic rings. The Labute approximate surface area is 194 Å². The molecule has 0 unspecified atom stereocenters. The smallest absolute Gasteiger partial charge is 0.328 e.